The summed E-state index contributed by atoms with van der Waals surface area (Å²) in [5.74, 6) is 5.53. The van der Waals surface area contributed by atoms with E-state index in [2.05, 4.69) is 64.0 Å². The normalized spacial score (nSPS) is 11.3. The van der Waals surface area contributed by atoms with Gasteiger partial charge in [-0.1, -0.05) is 58.5 Å². The largest absolute Gasteiger partial charge is 0.389 e. The standard InChI is InChI=1S/C19H22F2N4OS.C17H16ClF3N4OS.C14H13ClN4O3S.C14H13ClN4O2S/c1-4-10-24(18(26)7-11-27-12-8-19(3,20)21)17-14-25(23-15(17)2)16-6-5-9-22-13-16;1-2-8-24(15(26)5-9-27-10-6-17(19,20)21)14-12-25(23-16(14)18)13-4-3-7-22-11-13;1-3-7-18(13(20)10-23(2,21)22)12-9-19(17-14(12)15)11-5-4-6-16-8-11;1-3-7-18(13(20)10-22(2)21)12-9-19(17-14(12)15)11-5-4-6-16-8-11/h1,5-6,9,13-14H,7-8,10-12H2,2-3H3;1,3-4,7,11-12H,5-6,8-10H2;1,4-6,8-9H,7,10H2,2H3;1,4-6,8-9H,7,10H2,2H3. The number of amides is 4. The third-order valence-electron chi connectivity index (χ3n) is 12.7. The maximum Gasteiger partial charge on any atom is 0.389 e. The van der Waals surface area contributed by atoms with Crippen molar-refractivity contribution in [1.82, 2.24) is 59.1 Å². The van der Waals surface area contributed by atoms with Gasteiger partial charge in [0, 0.05) is 84.6 Å². The molecule has 1 unspecified atom stereocenters. The molecule has 8 aromatic rings. The van der Waals surface area contributed by atoms with E-state index in [0.29, 0.717) is 51.3 Å². The van der Waals surface area contributed by atoms with Crippen LogP contribution in [0.2, 0.25) is 15.5 Å². The number of nitrogens with zero attached hydrogens (tertiary/aromatic N) is 16. The van der Waals surface area contributed by atoms with Gasteiger partial charge in [0.2, 0.25) is 29.6 Å². The van der Waals surface area contributed by atoms with E-state index in [0.717, 1.165) is 35.5 Å². The number of hydrogen-bond acceptors (Lipinski definition) is 17. The number of anilines is 4. The maximum atomic E-state index is 12.8. The average molecular weight is 1500 g/mol. The van der Waals surface area contributed by atoms with E-state index < -0.39 is 50.8 Å². The number of carbonyl (C=O) groups excluding carboxylic acids is 4. The highest BCUT2D eigenvalue weighted by Crippen LogP contribution is 2.31. The summed E-state index contributed by atoms with van der Waals surface area (Å²) < 4.78 is 102. The second-order valence-corrected chi connectivity index (χ2v) is 27.7. The number of aromatic nitrogens is 12. The van der Waals surface area contributed by atoms with Crippen molar-refractivity contribution in [3.8, 4) is 72.1 Å². The summed E-state index contributed by atoms with van der Waals surface area (Å²) in [7, 11) is -4.76. The van der Waals surface area contributed by atoms with Crippen LogP contribution in [0.1, 0.15) is 38.3 Å². The van der Waals surface area contributed by atoms with Gasteiger partial charge in [-0.25, -0.2) is 35.9 Å². The topological polar surface area (TPSA) is 255 Å². The monoisotopic (exact) mass is 1500 g/mol. The first-order valence-electron chi connectivity index (χ1n) is 28.9. The number of terminal acetylenes is 4. The Hall–Kier alpha value is -9.12. The summed E-state index contributed by atoms with van der Waals surface area (Å²) >= 11 is 20.8. The Morgan fingerprint density at radius 3 is 1.17 bits per heavy atom. The number of hydrogen-bond donors (Lipinski definition) is 0. The number of sulfone groups is 1. The fourth-order valence-corrected chi connectivity index (χ4v) is 11.9. The fourth-order valence-electron chi connectivity index (χ4n) is 8.16. The molecule has 8 aromatic heterocycles. The van der Waals surface area contributed by atoms with Crippen molar-refractivity contribution in [3.63, 3.8) is 0 Å². The molecule has 99 heavy (non-hydrogen) atoms. The summed E-state index contributed by atoms with van der Waals surface area (Å²) in [6.07, 6.45) is 38.1. The molecule has 8 rings (SSSR count). The van der Waals surface area contributed by atoms with Crippen molar-refractivity contribution < 1.29 is 53.8 Å². The predicted molar refractivity (Wildman–Crippen MR) is 378 cm³/mol. The van der Waals surface area contributed by atoms with Crippen LogP contribution in [0.5, 0.6) is 0 Å². The zero-order valence-electron chi connectivity index (χ0n) is 53.4. The van der Waals surface area contributed by atoms with Gasteiger partial charge in [-0.3, -0.25) is 62.9 Å². The lowest BCUT2D eigenvalue weighted by Crippen LogP contribution is -2.35. The number of alkyl halides is 5. The van der Waals surface area contributed by atoms with Crippen molar-refractivity contribution in [3.05, 3.63) is 144 Å². The first kappa shape index (κ1) is 80.6. The highest BCUT2D eigenvalue weighted by molar-refractivity contribution is 7.99. The number of aryl methyl sites for hydroxylation is 1. The molecule has 0 saturated carbocycles. The summed E-state index contributed by atoms with van der Waals surface area (Å²) in [4.78, 5) is 70.7. The van der Waals surface area contributed by atoms with Crippen LogP contribution >= 0.6 is 58.3 Å². The molecule has 522 valence electrons. The van der Waals surface area contributed by atoms with Gasteiger partial charge < -0.3 is 0 Å². The lowest BCUT2D eigenvalue weighted by Gasteiger charge is -2.19. The van der Waals surface area contributed by atoms with Crippen molar-refractivity contribution in [2.75, 3.05) is 92.8 Å². The van der Waals surface area contributed by atoms with Crippen molar-refractivity contribution >= 4 is 125 Å². The number of thioether (sulfide) groups is 2. The molecular weight excluding hydrogens is 1430 g/mol. The predicted octanol–water partition coefficient (Wildman–Crippen LogP) is 9.87. The van der Waals surface area contributed by atoms with E-state index in [9.17, 15) is 53.8 Å². The van der Waals surface area contributed by atoms with E-state index >= 15 is 0 Å². The molecule has 0 aromatic carbocycles. The number of carbonyl (C=O) groups is 4. The molecule has 0 saturated heterocycles. The van der Waals surface area contributed by atoms with Crippen LogP contribution in [0.15, 0.2) is 123 Å². The molecule has 1 atom stereocenters. The molecule has 8 heterocycles. The summed E-state index contributed by atoms with van der Waals surface area (Å²) in [6.45, 7) is 2.70. The zero-order chi connectivity index (χ0) is 72.9. The lowest BCUT2D eigenvalue weighted by molar-refractivity contribution is -0.129. The van der Waals surface area contributed by atoms with Crippen molar-refractivity contribution in [2.24, 2.45) is 0 Å². The van der Waals surface area contributed by atoms with Gasteiger partial charge in [0.25, 0.3) is 0 Å². The van der Waals surface area contributed by atoms with Gasteiger partial charge in [0.05, 0.1) is 116 Å². The Labute approximate surface area is 594 Å². The van der Waals surface area contributed by atoms with Gasteiger partial charge in [-0.15, -0.1) is 25.7 Å². The van der Waals surface area contributed by atoms with E-state index in [1.54, 1.807) is 122 Å². The van der Waals surface area contributed by atoms with Gasteiger partial charge in [-0.2, -0.15) is 57.1 Å². The Kier molecular flexibility index (Phi) is 32.1. The Morgan fingerprint density at radius 2 is 0.859 bits per heavy atom. The van der Waals surface area contributed by atoms with Gasteiger partial charge in [0.15, 0.2) is 25.3 Å². The molecular formula is C64H64Cl3F5N16O7S4. The molecule has 0 radical (unpaired) electrons. The first-order chi connectivity index (χ1) is 47.0. The van der Waals surface area contributed by atoms with Crippen LogP contribution in [-0.2, 0) is 39.8 Å². The quantitative estimate of drug-likeness (QED) is 0.0263. The molecule has 0 N–H and O–H groups in total. The van der Waals surface area contributed by atoms with Gasteiger partial charge in [0.1, 0.15) is 28.6 Å². The van der Waals surface area contributed by atoms with E-state index in [-0.39, 0.29) is 102 Å². The van der Waals surface area contributed by atoms with Gasteiger partial charge >= 0.3 is 6.18 Å². The number of halogens is 8. The van der Waals surface area contributed by atoms with Crippen LogP contribution < -0.4 is 19.6 Å². The lowest BCUT2D eigenvalue weighted by atomic mass is 10.3. The zero-order valence-corrected chi connectivity index (χ0v) is 59.0. The van der Waals surface area contributed by atoms with E-state index in [1.165, 1.54) is 53.0 Å². The maximum absolute atomic E-state index is 12.8. The van der Waals surface area contributed by atoms with Crippen LogP contribution in [-0.4, -0.2) is 181 Å². The molecule has 0 aliphatic carbocycles. The second-order valence-electron chi connectivity index (χ2n) is 20.6. The molecule has 35 heteroatoms. The average Bonchev–Trinajstić information content (AvgIpc) is 1.71. The number of rotatable bonds is 27. The van der Waals surface area contributed by atoms with Crippen LogP contribution in [0.4, 0.5) is 44.7 Å². The van der Waals surface area contributed by atoms with Crippen LogP contribution in [0, 0.1) is 56.3 Å². The summed E-state index contributed by atoms with van der Waals surface area (Å²) in [6, 6.07) is 14.2. The fraction of sp³-hybridized carbons (Fsp3) is 0.312. The van der Waals surface area contributed by atoms with Crippen molar-refractivity contribution in [1.29, 1.82) is 0 Å². The Morgan fingerprint density at radius 1 is 0.535 bits per heavy atom. The third kappa shape index (κ3) is 26.9. The molecule has 23 nitrogen and oxygen atoms in total. The third-order valence-corrected chi connectivity index (χ3v) is 16.9. The minimum atomic E-state index is -4.19. The SMILES string of the molecule is C#CCN(C(=O)CCSCCC(C)(F)F)c1cn(-c2cccnc2)nc1C.C#CCN(C(=O)CCSCCC(F)(F)F)c1cn(-c2cccnc2)nc1Cl.C#CCN(C(=O)CS(C)(=O)=O)c1cn(-c2cccnc2)nc1Cl.C#CCN(C(=O)CS(C)=O)c1cn(-c2cccnc2)nc1Cl. The number of pyridine rings is 4. The minimum absolute atomic E-state index is 0.0223. The molecule has 0 spiro atoms. The van der Waals surface area contributed by atoms with Crippen LogP contribution in [0.25, 0.3) is 22.7 Å². The highest BCUT2D eigenvalue weighted by atomic mass is 35.5. The van der Waals surface area contributed by atoms with Crippen molar-refractivity contribution in [2.45, 2.75) is 51.6 Å². The summed E-state index contributed by atoms with van der Waals surface area (Å²) in [5, 5.41) is 17.1. The summed E-state index contributed by atoms with van der Waals surface area (Å²) in [5.41, 5.74) is 5.01. The van der Waals surface area contributed by atoms with Crippen LogP contribution in [0.3, 0.4) is 0 Å². The molecule has 0 aliphatic heterocycles. The van der Waals surface area contributed by atoms with E-state index in [4.69, 9.17) is 60.5 Å². The minimum Gasteiger partial charge on any atom is -0.297 e. The van der Waals surface area contributed by atoms with E-state index in [1.807, 2.05) is 6.07 Å². The first-order valence-corrected chi connectivity index (χ1v) is 36.2. The second kappa shape index (κ2) is 39.5. The highest BCUT2D eigenvalue weighted by Gasteiger charge is 2.29. The molecule has 4 amide bonds. The molecule has 0 fully saturated rings. The Bertz CT molecular complexity index is 4160. The molecule has 0 bridgehead atoms. The van der Waals surface area contributed by atoms with Gasteiger partial charge in [-0.05, 0) is 68.1 Å². The smallest absolute Gasteiger partial charge is 0.297 e. The Balaban J connectivity index is 0.000000239. The molecule has 0 aliphatic rings.